The lowest BCUT2D eigenvalue weighted by atomic mass is 10.2. The van der Waals surface area contributed by atoms with Crippen molar-refractivity contribution in [3.63, 3.8) is 0 Å². The van der Waals surface area contributed by atoms with Crippen LogP contribution in [0.4, 0.5) is 0 Å². The van der Waals surface area contributed by atoms with Crippen LogP contribution in [0.1, 0.15) is 25.3 Å². The van der Waals surface area contributed by atoms with Gasteiger partial charge in [-0.05, 0) is 19.8 Å². The average Bonchev–Trinajstić information content (AvgIpc) is 2.86. The van der Waals surface area contributed by atoms with Crippen molar-refractivity contribution in [3.8, 4) is 0 Å². The van der Waals surface area contributed by atoms with Crippen molar-refractivity contribution in [2.24, 2.45) is 0 Å². The summed E-state index contributed by atoms with van der Waals surface area (Å²) in [5.74, 6) is 0. The maximum absolute atomic E-state index is 4.24. The van der Waals surface area contributed by atoms with Gasteiger partial charge in [0.1, 0.15) is 0 Å². The van der Waals surface area contributed by atoms with Crippen molar-refractivity contribution < 1.29 is 0 Å². The molecular formula is C11H17N3. The Kier molecular flexibility index (Phi) is 2.99. The van der Waals surface area contributed by atoms with Crippen LogP contribution >= 0.6 is 0 Å². The highest BCUT2D eigenvalue weighted by Gasteiger charge is 2.09. The van der Waals surface area contributed by atoms with Crippen LogP contribution in [-0.2, 0) is 13.1 Å². The van der Waals surface area contributed by atoms with E-state index >= 15 is 0 Å². The number of hydrogen-bond donors (Lipinski definition) is 1. The predicted molar refractivity (Wildman–Crippen MR) is 56.9 cm³/mol. The standard InChI is InChI=1S/C11H17N3/c1-2-14-9-10(8-13-14)7-12-11-5-3-4-6-11/h3-4,8-9,11-12H,2,5-7H2,1H3. The summed E-state index contributed by atoms with van der Waals surface area (Å²) in [6.45, 7) is 3.99. The van der Waals surface area contributed by atoms with Crippen LogP contribution in [0.25, 0.3) is 0 Å². The van der Waals surface area contributed by atoms with E-state index in [9.17, 15) is 0 Å². The number of aromatic nitrogens is 2. The number of rotatable bonds is 4. The fraction of sp³-hybridized carbons (Fsp3) is 0.545. The molecule has 76 valence electrons. The first-order valence-corrected chi connectivity index (χ1v) is 5.28. The van der Waals surface area contributed by atoms with Gasteiger partial charge in [-0.3, -0.25) is 4.68 Å². The minimum atomic E-state index is 0.639. The molecule has 2 rings (SSSR count). The van der Waals surface area contributed by atoms with Crippen molar-refractivity contribution in [3.05, 3.63) is 30.1 Å². The number of aryl methyl sites for hydroxylation is 1. The first-order chi connectivity index (χ1) is 6.88. The number of nitrogens with zero attached hydrogens (tertiary/aromatic N) is 2. The highest BCUT2D eigenvalue weighted by molar-refractivity contribution is 5.05. The number of hydrogen-bond acceptors (Lipinski definition) is 2. The first kappa shape index (κ1) is 9.46. The molecular weight excluding hydrogens is 174 g/mol. The van der Waals surface area contributed by atoms with Crippen molar-refractivity contribution >= 4 is 0 Å². The van der Waals surface area contributed by atoms with Crippen LogP contribution in [-0.4, -0.2) is 15.8 Å². The molecule has 0 amide bonds. The molecule has 1 N–H and O–H groups in total. The minimum Gasteiger partial charge on any atom is -0.309 e. The molecule has 1 aromatic rings. The Hall–Kier alpha value is -1.09. The van der Waals surface area contributed by atoms with Crippen molar-refractivity contribution in [2.45, 2.75) is 38.9 Å². The van der Waals surface area contributed by atoms with Crippen molar-refractivity contribution in [2.75, 3.05) is 0 Å². The SMILES string of the molecule is CCn1cc(CNC2CC=CC2)cn1. The van der Waals surface area contributed by atoms with Gasteiger partial charge in [0.25, 0.3) is 0 Å². The van der Waals surface area contributed by atoms with E-state index in [0.717, 1.165) is 13.1 Å². The van der Waals surface area contributed by atoms with E-state index in [1.54, 1.807) is 0 Å². The van der Waals surface area contributed by atoms with E-state index in [-0.39, 0.29) is 0 Å². The van der Waals surface area contributed by atoms with E-state index in [1.165, 1.54) is 18.4 Å². The van der Waals surface area contributed by atoms with Gasteiger partial charge in [-0.2, -0.15) is 5.10 Å². The molecule has 0 bridgehead atoms. The molecule has 3 nitrogen and oxygen atoms in total. The quantitative estimate of drug-likeness (QED) is 0.734. The van der Waals surface area contributed by atoms with Crippen molar-refractivity contribution in [1.82, 2.24) is 15.1 Å². The van der Waals surface area contributed by atoms with Crippen LogP contribution in [0.2, 0.25) is 0 Å². The normalized spacial score (nSPS) is 16.6. The average molecular weight is 191 g/mol. The summed E-state index contributed by atoms with van der Waals surface area (Å²) in [4.78, 5) is 0. The first-order valence-electron chi connectivity index (χ1n) is 5.28. The molecule has 3 heteroatoms. The third-order valence-corrected chi connectivity index (χ3v) is 2.61. The van der Waals surface area contributed by atoms with Crippen molar-refractivity contribution in [1.29, 1.82) is 0 Å². The van der Waals surface area contributed by atoms with E-state index in [4.69, 9.17) is 0 Å². The molecule has 0 radical (unpaired) electrons. The lowest BCUT2D eigenvalue weighted by molar-refractivity contribution is 0.538. The Morgan fingerprint density at radius 3 is 2.93 bits per heavy atom. The Morgan fingerprint density at radius 1 is 1.50 bits per heavy atom. The van der Waals surface area contributed by atoms with Crippen LogP contribution in [0, 0.1) is 0 Å². The number of nitrogens with one attached hydrogen (secondary N) is 1. The van der Waals surface area contributed by atoms with Crippen LogP contribution in [0.3, 0.4) is 0 Å². The Labute approximate surface area is 84.8 Å². The zero-order valence-corrected chi connectivity index (χ0v) is 8.61. The zero-order valence-electron chi connectivity index (χ0n) is 8.61. The van der Waals surface area contributed by atoms with Gasteiger partial charge in [-0.1, -0.05) is 12.2 Å². The molecule has 1 aromatic heterocycles. The maximum Gasteiger partial charge on any atom is 0.0534 e. The molecule has 14 heavy (non-hydrogen) atoms. The summed E-state index contributed by atoms with van der Waals surface area (Å²) in [6.07, 6.45) is 10.9. The van der Waals surface area contributed by atoms with E-state index < -0.39 is 0 Å². The summed E-state index contributed by atoms with van der Waals surface area (Å²) in [5.41, 5.74) is 1.28. The summed E-state index contributed by atoms with van der Waals surface area (Å²) in [6, 6.07) is 0.639. The largest absolute Gasteiger partial charge is 0.309 e. The fourth-order valence-corrected chi connectivity index (χ4v) is 1.72. The second kappa shape index (κ2) is 4.42. The minimum absolute atomic E-state index is 0.639. The summed E-state index contributed by atoms with van der Waals surface area (Å²) in [5, 5.41) is 7.76. The smallest absolute Gasteiger partial charge is 0.0534 e. The lowest BCUT2D eigenvalue weighted by Crippen LogP contribution is -2.25. The second-order valence-electron chi connectivity index (χ2n) is 3.72. The van der Waals surface area contributed by atoms with Crippen LogP contribution < -0.4 is 5.32 Å². The molecule has 1 aliphatic rings. The molecule has 0 fully saturated rings. The van der Waals surface area contributed by atoms with Gasteiger partial charge >= 0.3 is 0 Å². The van der Waals surface area contributed by atoms with E-state index in [0.29, 0.717) is 6.04 Å². The summed E-state index contributed by atoms with van der Waals surface area (Å²) >= 11 is 0. The summed E-state index contributed by atoms with van der Waals surface area (Å²) < 4.78 is 1.96. The van der Waals surface area contributed by atoms with Gasteiger partial charge in [-0.25, -0.2) is 0 Å². The molecule has 0 unspecified atom stereocenters. The Bertz CT molecular complexity index is 306. The highest BCUT2D eigenvalue weighted by Crippen LogP contribution is 2.10. The van der Waals surface area contributed by atoms with E-state index in [1.807, 2.05) is 10.9 Å². The lowest BCUT2D eigenvalue weighted by Gasteiger charge is -2.09. The van der Waals surface area contributed by atoms with Gasteiger partial charge in [-0.15, -0.1) is 0 Å². The molecule has 0 aromatic carbocycles. The molecule has 0 aliphatic heterocycles. The second-order valence-corrected chi connectivity index (χ2v) is 3.72. The predicted octanol–water partition coefficient (Wildman–Crippen LogP) is 1.71. The Morgan fingerprint density at radius 2 is 2.29 bits per heavy atom. The van der Waals surface area contributed by atoms with Gasteiger partial charge in [0.15, 0.2) is 0 Å². The molecule has 0 atom stereocenters. The van der Waals surface area contributed by atoms with Gasteiger partial charge in [0.2, 0.25) is 0 Å². The van der Waals surface area contributed by atoms with E-state index in [2.05, 4.69) is 35.7 Å². The monoisotopic (exact) mass is 191 g/mol. The molecule has 0 saturated carbocycles. The van der Waals surface area contributed by atoms with Gasteiger partial charge in [0, 0.05) is 30.9 Å². The zero-order chi connectivity index (χ0) is 9.80. The highest BCUT2D eigenvalue weighted by atomic mass is 15.3. The molecule has 0 spiro atoms. The topological polar surface area (TPSA) is 29.9 Å². The van der Waals surface area contributed by atoms with Gasteiger partial charge < -0.3 is 5.32 Å². The summed E-state index contributed by atoms with van der Waals surface area (Å²) in [7, 11) is 0. The van der Waals surface area contributed by atoms with Crippen LogP contribution in [0.15, 0.2) is 24.5 Å². The fourth-order valence-electron chi connectivity index (χ4n) is 1.72. The molecule has 0 saturated heterocycles. The van der Waals surface area contributed by atoms with Gasteiger partial charge in [0.05, 0.1) is 6.20 Å². The maximum atomic E-state index is 4.24. The molecule has 1 heterocycles. The van der Waals surface area contributed by atoms with Crippen LogP contribution in [0.5, 0.6) is 0 Å². The Balaban J connectivity index is 1.79. The third-order valence-electron chi connectivity index (χ3n) is 2.61. The molecule has 1 aliphatic carbocycles. The third kappa shape index (κ3) is 2.23.